The van der Waals surface area contributed by atoms with Crippen molar-refractivity contribution in [3.8, 4) is 6.07 Å². The van der Waals surface area contributed by atoms with Crippen LogP contribution in [0.1, 0.15) is 12.5 Å². The van der Waals surface area contributed by atoms with Crippen LogP contribution in [0.3, 0.4) is 0 Å². The summed E-state index contributed by atoms with van der Waals surface area (Å²) in [6.45, 7) is 1.85. The monoisotopic (exact) mass is 280 g/mol. The van der Waals surface area contributed by atoms with E-state index in [1.165, 1.54) is 4.90 Å². The maximum absolute atomic E-state index is 12.7. The fraction of sp³-hybridized carbons (Fsp3) is 0.312. The molecular formula is C16H12N2O3. The molecule has 5 heteroatoms. The molecule has 2 amide bonds. The van der Waals surface area contributed by atoms with Crippen molar-refractivity contribution in [2.75, 3.05) is 4.90 Å². The summed E-state index contributed by atoms with van der Waals surface area (Å²) < 4.78 is 5.77. The first-order valence-electron chi connectivity index (χ1n) is 6.80. The molecule has 0 radical (unpaired) electrons. The number of imide groups is 1. The summed E-state index contributed by atoms with van der Waals surface area (Å²) in [5, 5.41) is 8.82. The van der Waals surface area contributed by atoms with Crippen molar-refractivity contribution < 1.29 is 14.3 Å². The number of anilines is 1. The van der Waals surface area contributed by atoms with Gasteiger partial charge in [-0.05, 0) is 31.2 Å². The summed E-state index contributed by atoms with van der Waals surface area (Å²) in [7, 11) is 0. The average molecular weight is 280 g/mol. The minimum Gasteiger partial charge on any atom is -0.362 e. The Kier molecular flexibility index (Phi) is 2.23. The van der Waals surface area contributed by atoms with Gasteiger partial charge < -0.3 is 4.74 Å². The van der Waals surface area contributed by atoms with Crippen LogP contribution in [0.2, 0.25) is 0 Å². The van der Waals surface area contributed by atoms with Gasteiger partial charge in [-0.15, -0.1) is 0 Å². The van der Waals surface area contributed by atoms with Crippen molar-refractivity contribution in [3.63, 3.8) is 0 Å². The number of nitriles is 1. The van der Waals surface area contributed by atoms with Crippen LogP contribution >= 0.6 is 0 Å². The molecule has 0 aliphatic carbocycles. The van der Waals surface area contributed by atoms with E-state index >= 15 is 0 Å². The van der Waals surface area contributed by atoms with Gasteiger partial charge in [0.15, 0.2) is 0 Å². The smallest absolute Gasteiger partial charge is 0.241 e. The normalized spacial score (nSPS) is 36.2. The van der Waals surface area contributed by atoms with Gasteiger partial charge in [0.1, 0.15) is 0 Å². The Morgan fingerprint density at radius 3 is 2.57 bits per heavy atom. The second-order valence-corrected chi connectivity index (χ2v) is 5.80. The van der Waals surface area contributed by atoms with Crippen molar-refractivity contribution in [1.29, 1.82) is 5.26 Å². The van der Waals surface area contributed by atoms with E-state index in [9.17, 15) is 9.59 Å². The molecule has 1 aromatic carbocycles. The first-order chi connectivity index (χ1) is 10.0. The molecular weight excluding hydrogens is 268 g/mol. The molecule has 4 atom stereocenters. The molecule has 1 aromatic rings. The highest BCUT2D eigenvalue weighted by molar-refractivity contribution is 6.23. The van der Waals surface area contributed by atoms with Crippen LogP contribution in [-0.4, -0.2) is 23.5 Å². The lowest BCUT2D eigenvalue weighted by molar-refractivity contribution is -0.126. The molecule has 0 saturated carbocycles. The van der Waals surface area contributed by atoms with E-state index in [0.29, 0.717) is 11.3 Å². The second kappa shape index (κ2) is 3.80. The predicted octanol–water partition coefficient (Wildman–Crippen LogP) is 1.39. The number of fused-ring (bicyclic) bond motifs is 5. The summed E-state index contributed by atoms with van der Waals surface area (Å²) >= 11 is 0. The van der Waals surface area contributed by atoms with Crippen molar-refractivity contribution in [2.24, 2.45) is 11.8 Å². The molecule has 0 N–H and O–H groups in total. The Bertz CT molecular complexity index is 731. The van der Waals surface area contributed by atoms with Crippen LogP contribution in [-0.2, 0) is 14.3 Å². The molecule has 104 valence electrons. The Balaban J connectivity index is 1.75. The number of carbonyl (C=O) groups is 2. The van der Waals surface area contributed by atoms with E-state index in [4.69, 9.17) is 10.00 Å². The summed E-state index contributed by atoms with van der Waals surface area (Å²) in [6.07, 6.45) is 3.45. The lowest BCUT2D eigenvalue weighted by Gasteiger charge is -2.24. The van der Waals surface area contributed by atoms with Gasteiger partial charge in [0.2, 0.25) is 11.8 Å². The highest BCUT2D eigenvalue weighted by Crippen LogP contribution is 2.52. The van der Waals surface area contributed by atoms with Crippen LogP contribution in [0.5, 0.6) is 0 Å². The summed E-state index contributed by atoms with van der Waals surface area (Å²) in [5.41, 5.74) is 0.333. The third-order valence-corrected chi connectivity index (χ3v) is 4.58. The Morgan fingerprint density at radius 2 is 1.95 bits per heavy atom. The first kappa shape index (κ1) is 12.3. The Morgan fingerprint density at radius 1 is 1.24 bits per heavy atom. The number of hydrogen-bond acceptors (Lipinski definition) is 4. The van der Waals surface area contributed by atoms with E-state index in [1.807, 2.05) is 25.1 Å². The molecule has 5 nitrogen and oxygen atoms in total. The number of benzene rings is 1. The number of ether oxygens (including phenoxy) is 1. The van der Waals surface area contributed by atoms with Crippen LogP contribution in [0.15, 0.2) is 36.4 Å². The highest BCUT2D eigenvalue weighted by Gasteiger charge is 2.65. The van der Waals surface area contributed by atoms with Crippen LogP contribution in [0, 0.1) is 23.2 Å². The predicted molar refractivity (Wildman–Crippen MR) is 73.0 cm³/mol. The van der Waals surface area contributed by atoms with E-state index in [0.717, 1.165) is 0 Å². The van der Waals surface area contributed by atoms with Crippen molar-refractivity contribution in [2.45, 2.75) is 18.6 Å². The number of amides is 2. The van der Waals surface area contributed by atoms with Gasteiger partial charge in [-0.1, -0.05) is 12.2 Å². The third kappa shape index (κ3) is 1.43. The Hall–Kier alpha value is -2.45. The summed E-state index contributed by atoms with van der Waals surface area (Å²) in [5.74, 6) is -1.31. The SMILES string of the molecule is C[C@]12C=C[C@@H](O1)[C@@H]1C(=O)N(c3ccc(C#N)cc3)C(=O)[C@@H]12. The minimum absolute atomic E-state index is 0.215. The van der Waals surface area contributed by atoms with E-state index in [-0.39, 0.29) is 17.9 Å². The lowest BCUT2D eigenvalue weighted by atomic mass is 9.78. The number of nitrogens with zero attached hydrogens (tertiary/aromatic N) is 2. The molecule has 3 heterocycles. The fourth-order valence-corrected chi connectivity index (χ4v) is 3.59. The van der Waals surface area contributed by atoms with Gasteiger partial charge in [-0.3, -0.25) is 9.59 Å². The molecule has 0 unspecified atom stereocenters. The minimum atomic E-state index is -0.677. The first-order valence-corrected chi connectivity index (χ1v) is 6.80. The average Bonchev–Trinajstić information content (AvgIpc) is 3.09. The van der Waals surface area contributed by atoms with Gasteiger partial charge in [0.25, 0.3) is 0 Å². The topological polar surface area (TPSA) is 70.4 Å². The molecule has 2 fully saturated rings. The quantitative estimate of drug-likeness (QED) is 0.576. The zero-order chi connectivity index (χ0) is 14.8. The maximum Gasteiger partial charge on any atom is 0.241 e. The van der Waals surface area contributed by atoms with E-state index in [2.05, 4.69) is 0 Å². The second-order valence-electron chi connectivity index (χ2n) is 5.80. The largest absolute Gasteiger partial charge is 0.362 e. The van der Waals surface area contributed by atoms with Crippen LogP contribution in [0.4, 0.5) is 5.69 Å². The zero-order valence-corrected chi connectivity index (χ0v) is 11.3. The van der Waals surface area contributed by atoms with Crippen molar-refractivity contribution in [3.05, 3.63) is 42.0 Å². The maximum atomic E-state index is 12.7. The van der Waals surface area contributed by atoms with Crippen LogP contribution in [0.25, 0.3) is 0 Å². The molecule has 21 heavy (non-hydrogen) atoms. The molecule has 2 saturated heterocycles. The van der Waals surface area contributed by atoms with E-state index < -0.39 is 17.4 Å². The van der Waals surface area contributed by atoms with Gasteiger partial charge in [0, 0.05) is 0 Å². The van der Waals surface area contributed by atoms with Gasteiger partial charge in [-0.25, -0.2) is 4.90 Å². The fourth-order valence-electron chi connectivity index (χ4n) is 3.59. The molecule has 0 aromatic heterocycles. The zero-order valence-electron chi connectivity index (χ0n) is 11.3. The number of hydrogen-bond donors (Lipinski definition) is 0. The number of rotatable bonds is 1. The summed E-state index contributed by atoms with van der Waals surface area (Å²) in [6, 6.07) is 8.50. The third-order valence-electron chi connectivity index (χ3n) is 4.58. The van der Waals surface area contributed by atoms with Crippen LogP contribution < -0.4 is 4.90 Å². The Labute approximate surface area is 121 Å². The molecule has 4 rings (SSSR count). The number of carbonyl (C=O) groups excluding carboxylic acids is 2. The molecule has 2 bridgehead atoms. The van der Waals surface area contributed by atoms with Crippen molar-refractivity contribution >= 4 is 17.5 Å². The standard InChI is InChI=1S/C16H12N2O3/c1-16-7-6-11(21-16)12-13(16)15(20)18(14(12)19)10-4-2-9(8-17)3-5-10/h2-7,11-13H,1H3/t11-,12+,13-,16-/m1/s1. The van der Waals surface area contributed by atoms with Gasteiger partial charge in [0.05, 0.1) is 40.9 Å². The van der Waals surface area contributed by atoms with Crippen molar-refractivity contribution in [1.82, 2.24) is 0 Å². The summed E-state index contributed by atoms with van der Waals surface area (Å²) in [4.78, 5) is 26.5. The van der Waals surface area contributed by atoms with Gasteiger partial charge >= 0.3 is 0 Å². The lowest BCUT2D eigenvalue weighted by Crippen LogP contribution is -2.38. The molecule has 3 aliphatic rings. The molecule has 3 aliphatic heterocycles. The van der Waals surface area contributed by atoms with E-state index in [1.54, 1.807) is 24.3 Å². The van der Waals surface area contributed by atoms with Gasteiger partial charge in [-0.2, -0.15) is 5.26 Å². The molecule has 0 spiro atoms. The highest BCUT2D eigenvalue weighted by atomic mass is 16.5.